The summed E-state index contributed by atoms with van der Waals surface area (Å²) in [5, 5.41) is 14.2. The molecular weight excluding hydrogens is 473 g/mol. The number of allylic oxidation sites excluding steroid dienone is 3. The van der Waals surface area contributed by atoms with Crippen molar-refractivity contribution in [2.24, 2.45) is 5.73 Å². The zero-order valence-corrected chi connectivity index (χ0v) is 20.3. The Labute approximate surface area is 209 Å². The number of carbonyl (C=O) groups is 1. The molecule has 2 aliphatic rings. The number of piperidine rings is 1. The molecule has 5 N–H and O–H groups in total. The van der Waals surface area contributed by atoms with Gasteiger partial charge in [-0.05, 0) is 57.0 Å². The molecule has 0 bridgehead atoms. The molecular formula is C25H33F3N6O2. The lowest BCUT2D eigenvalue weighted by Crippen LogP contribution is -2.41. The van der Waals surface area contributed by atoms with Crippen LogP contribution in [0.4, 0.5) is 13.2 Å². The number of nitrogens with one attached hydrogen (secondary N) is 3. The fourth-order valence-electron chi connectivity index (χ4n) is 4.08. The normalized spacial score (nSPS) is 18.6. The highest BCUT2D eigenvalue weighted by atomic mass is 19.4. The number of rotatable bonds is 10. The summed E-state index contributed by atoms with van der Waals surface area (Å²) in [5.74, 6) is -0.588. The number of unbranched alkanes of at least 4 members (excludes halogenated alkanes) is 2. The maximum atomic E-state index is 13.0. The largest absolute Gasteiger partial charge is 0.494 e. The van der Waals surface area contributed by atoms with Gasteiger partial charge in [-0.15, -0.1) is 0 Å². The fourth-order valence-corrected chi connectivity index (χ4v) is 4.08. The van der Waals surface area contributed by atoms with Crippen molar-refractivity contribution in [1.29, 1.82) is 5.41 Å². The highest BCUT2D eigenvalue weighted by Gasteiger charge is 2.33. The van der Waals surface area contributed by atoms with Crippen molar-refractivity contribution >= 4 is 11.6 Å². The number of hydrogen-bond acceptors (Lipinski definition) is 7. The monoisotopic (exact) mass is 506 g/mol. The van der Waals surface area contributed by atoms with Gasteiger partial charge in [0, 0.05) is 37.0 Å². The number of aromatic nitrogens is 1. The summed E-state index contributed by atoms with van der Waals surface area (Å²) in [5.41, 5.74) is 4.96. The third kappa shape index (κ3) is 7.66. The molecule has 0 radical (unpaired) electrons. The van der Waals surface area contributed by atoms with Crippen molar-refractivity contribution in [1.82, 2.24) is 20.5 Å². The molecule has 0 spiro atoms. The molecule has 196 valence electrons. The van der Waals surface area contributed by atoms with Gasteiger partial charge in [0.05, 0.1) is 18.5 Å². The van der Waals surface area contributed by atoms with Crippen molar-refractivity contribution in [3.63, 3.8) is 0 Å². The summed E-state index contributed by atoms with van der Waals surface area (Å²) in [7, 11) is 1.39. The van der Waals surface area contributed by atoms with E-state index < -0.39 is 17.8 Å². The molecule has 0 saturated carbocycles. The van der Waals surface area contributed by atoms with E-state index in [1.54, 1.807) is 12.3 Å². The van der Waals surface area contributed by atoms with E-state index in [0.717, 1.165) is 70.4 Å². The van der Waals surface area contributed by atoms with E-state index in [1.165, 1.54) is 19.3 Å². The molecule has 1 aliphatic heterocycles. The molecule has 0 unspecified atom stereocenters. The van der Waals surface area contributed by atoms with Crippen LogP contribution in [0.5, 0.6) is 0 Å². The summed E-state index contributed by atoms with van der Waals surface area (Å²) >= 11 is 0. The maximum Gasteiger partial charge on any atom is 0.433 e. The lowest BCUT2D eigenvalue weighted by atomic mass is 10.0. The lowest BCUT2D eigenvalue weighted by Gasteiger charge is -2.32. The molecule has 0 aromatic carbocycles. The number of likely N-dealkylation sites (tertiary alicyclic amines) is 1. The van der Waals surface area contributed by atoms with Crippen LogP contribution in [0.3, 0.4) is 0 Å². The smallest absolute Gasteiger partial charge is 0.433 e. The number of pyridine rings is 1. The molecule has 8 nitrogen and oxygen atoms in total. The first-order chi connectivity index (χ1) is 17.2. The summed E-state index contributed by atoms with van der Waals surface area (Å²) in [6, 6.07) is 3.40. The van der Waals surface area contributed by atoms with Crippen molar-refractivity contribution in [2.45, 2.75) is 44.3 Å². The molecule has 2 heterocycles. The van der Waals surface area contributed by atoms with Crippen molar-refractivity contribution in [3.05, 3.63) is 65.0 Å². The van der Waals surface area contributed by atoms with Crippen LogP contribution in [-0.4, -0.2) is 60.8 Å². The van der Waals surface area contributed by atoms with Gasteiger partial charge < -0.3 is 31.4 Å². The molecule has 1 saturated heterocycles. The second-order valence-corrected chi connectivity index (χ2v) is 8.78. The Morgan fingerprint density at radius 2 is 2.00 bits per heavy atom. The minimum atomic E-state index is -4.66. The second kappa shape index (κ2) is 12.7. The number of methoxy groups -OCH3 is 1. The van der Waals surface area contributed by atoms with E-state index in [-0.39, 0.29) is 28.9 Å². The standard InChI is InChI=1S/C25H33F3N6O2/c1-36-22-15-19(30)17(16-31-18-8-12-34(13-9-18)11-4-2-3-10-29)14-21(22)33-24(35)20-6-5-7-23(32-20)25(26,27)28/h5-7,14-16,18,30-31H,2-4,8-13,29H2,1H3,(H,33,35)/b17-16-,30-19?. The van der Waals surface area contributed by atoms with Crippen molar-refractivity contribution in [2.75, 3.05) is 33.3 Å². The van der Waals surface area contributed by atoms with E-state index in [9.17, 15) is 18.0 Å². The molecule has 1 aromatic rings. The highest BCUT2D eigenvalue weighted by Crippen LogP contribution is 2.27. The van der Waals surface area contributed by atoms with Crippen LogP contribution in [0.15, 0.2) is 53.6 Å². The lowest BCUT2D eigenvalue weighted by molar-refractivity contribution is -0.141. The molecule has 1 aromatic heterocycles. The third-order valence-corrected chi connectivity index (χ3v) is 6.13. The molecule has 1 amide bonds. The van der Waals surface area contributed by atoms with E-state index in [1.807, 2.05) is 0 Å². The van der Waals surface area contributed by atoms with Gasteiger partial charge in [0.15, 0.2) is 0 Å². The zero-order valence-electron chi connectivity index (χ0n) is 20.3. The van der Waals surface area contributed by atoms with Gasteiger partial charge in [-0.3, -0.25) is 4.79 Å². The van der Waals surface area contributed by atoms with E-state index in [2.05, 4.69) is 20.5 Å². The third-order valence-electron chi connectivity index (χ3n) is 6.13. The average Bonchev–Trinajstić information content (AvgIpc) is 2.87. The maximum absolute atomic E-state index is 13.0. The van der Waals surface area contributed by atoms with Gasteiger partial charge in [0.25, 0.3) is 5.91 Å². The molecule has 3 rings (SSSR count). The first kappa shape index (κ1) is 27.4. The predicted octanol–water partition coefficient (Wildman–Crippen LogP) is 3.34. The number of hydrogen-bond donors (Lipinski definition) is 4. The number of carbonyl (C=O) groups excluding carboxylic acids is 1. The van der Waals surface area contributed by atoms with Crippen LogP contribution >= 0.6 is 0 Å². The first-order valence-corrected chi connectivity index (χ1v) is 12.0. The van der Waals surface area contributed by atoms with Crippen LogP contribution in [0, 0.1) is 5.41 Å². The molecule has 11 heteroatoms. The van der Waals surface area contributed by atoms with Gasteiger partial charge >= 0.3 is 6.18 Å². The summed E-state index contributed by atoms with van der Waals surface area (Å²) in [6.45, 7) is 3.81. The minimum Gasteiger partial charge on any atom is -0.494 e. The molecule has 1 aliphatic carbocycles. The van der Waals surface area contributed by atoms with Crippen LogP contribution in [-0.2, 0) is 10.9 Å². The summed E-state index contributed by atoms with van der Waals surface area (Å²) in [6.07, 6.45) is 5.40. The molecule has 1 fully saturated rings. The Morgan fingerprint density at radius 3 is 2.67 bits per heavy atom. The van der Waals surface area contributed by atoms with E-state index in [0.29, 0.717) is 5.57 Å². The quantitative estimate of drug-likeness (QED) is 0.362. The minimum absolute atomic E-state index is 0.187. The fraction of sp³-hybridized carbons (Fsp3) is 0.480. The van der Waals surface area contributed by atoms with E-state index >= 15 is 0 Å². The predicted molar refractivity (Wildman–Crippen MR) is 131 cm³/mol. The molecule has 36 heavy (non-hydrogen) atoms. The first-order valence-electron chi connectivity index (χ1n) is 12.0. The van der Waals surface area contributed by atoms with Crippen LogP contribution in [0.1, 0.15) is 48.3 Å². The highest BCUT2D eigenvalue weighted by molar-refractivity contribution is 6.10. The zero-order chi connectivity index (χ0) is 26.1. The Bertz CT molecular complexity index is 1030. The number of halogens is 3. The number of nitrogens with two attached hydrogens (primary N) is 1. The number of nitrogens with zero attached hydrogens (tertiary/aromatic N) is 2. The Morgan fingerprint density at radius 1 is 1.25 bits per heavy atom. The average molecular weight is 507 g/mol. The van der Waals surface area contributed by atoms with E-state index in [4.69, 9.17) is 15.9 Å². The summed E-state index contributed by atoms with van der Waals surface area (Å²) in [4.78, 5) is 18.5. The topological polar surface area (TPSA) is 116 Å². The van der Waals surface area contributed by atoms with Crippen LogP contribution < -0.4 is 16.4 Å². The Hall–Kier alpha value is -3.18. The summed E-state index contributed by atoms with van der Waals surface area (Å²) < 4.78 is 44.2. The van der Waals surface area contributed by atoms with Gasteiger partial charge in [-0.1, -0.05) is 12.5 Å². The second-order valence-electron chi connectivity index (χ2n) is 8.78. The Kier molecular flexibility index (Phi) is 9.65. The molecule has 0 atom stereocenters. The Balaban J connectivity index is 1.62. The van der Waals surface area contributed by atoms with Crippen molar-refractivity contribution in [3.8, 4) is 0 Å². The number of ether oxygens (including phenoxy) is 1. The van der Waals surface area contributed by atoms with Crippen LogP contribution in [0.25, 0.3) is 0 Å². The van der Waals surface area contributed by atoms with Gasteiger partial charge in [-0.2, -0.15) is 13.2 Å². The van der Waals surface area contributed by atoms with Crippen molar-refractivity contribution < 1.29 is 22.7 Å². The number of amides is 1. The SMILES string of the molecule is COC1=CC(=N)/C(=C\NC2CCN(CCCCCN)CC2)C=C1NC(=O)c1cccc(C(F)(F)F)n1. The van der Waals surface area contributed by atoms with Crippen LogP contribution in [0.2, 0.25) is 0 Å². The number of alkyl halides is 3. The van der Waals surface area contributed by atoms with Gasteiger partial charge in [-0.25, -0.2) is 4.98 Å². The van der Waals surface area contributed by atoms with Gasteiger partial charge in [0.1, 0.15) is 17.1 Å². The van der Waals surface area contributed by atoms with Gasteiger partial charge in [0.2, 0.25) is 0 Å².